The zero-order chi connectivity index (χ0) is 22.5. The molecule has 32 heavy (non-hydrogen) atoms. The van der Waals surface area contributed by atoms with Crippen molar-refractivity contribution in [3.05, 3.63) is 101 Å². The lowest BCUT2D eigenvalue weighted by atomic mass is 10.1. The fourth-order valence-electron chi connectivity index (χ4n) is 3.86. The second-order valence-corrected chi connectivity index (χ2v) is 8.73. The number of carbonyl (C=O) groups is 2. The second-order valence-electron chi connectivity index (χ2n) is 8.73. The van der Waals surface area contributed by atoms with Gasteiger partial charge in [0.05, 0.1) is 19.0 Å². The molecule has 1 atom stereocenters. The summed E-state index contributed by atoms with van der Waals surface area (Å²) in [7, 11) is 0. The highest BCUT2D eigenvalue weighted by atomic mass is 16.2. The summed E-state index contributed by atoms with van der Waals surface area (Å²) in [5.41, 5.74) is 5.13. The van der Waals surface area contributed by atoms with E-state index in [1.807, 2.05) is 66.4 Å². The van der Waals surface area contributed by atoms with E-state index in [2.05, 4.69) is 36.5 Å². The van der Waals surface area contributed by atoms with Gasteiger partial charge < -0.3 is 10.2 Å². The first-order chi connectivity index (χ1) is 15.5. The summed E-state index contributed by atoms with van der Waals surface area (Å²) in [6.07, 6.45) is 2.20. The molecule has 1 aliphatic carbocycles. The van der Waals surface area contributed by atoms with E-state index in [-0.39, 0.29) is 30.2 Å². The van der Waals surface area contributed by atoms with Gasteiger partial charge in [-0.2, -0.15) is 0 Å². The molecule has 3 aromatic rings. The molecule has 4 nitrogen and oxygen atoms in total. The average molecular weight is 427 g/mol. The minimum atomic E-state index is -0.0543. The van der Waals surface area contributed by atoms with Crippen LogP contribution in [0.4, 0.5) is 5.69 Å². The van der Waals surface area contributed by atoms with Crippen LogP contribution in [0.1, 0.15) is 48.1 Å². The van der Waals surface area contributed by atoms with Crippen LogP contribution in [-0.2, 0) is 22.6 Å². The topological polar surface area (TPSA) is 49.4 Å². The van der Waals surface area contributed by atoms with E-state index < -0.39 is 0 Å². The molecule has 1 saturated carbocycles. The number of nitrogens with zero attached hydrogens (tertiary/aromatic N) is 1. The van der Waals surface area contributed by atoms with E-state index in [1.165, 1.54) is 5.56 Å². The van der Waals surface area contributed by atoms with Gasteiger partial charge in [0.15, 0.2) is 0 Å². The van der Waals surface area contributed by atoms with Gasteiger partial charge in [-0.25, -0.2) is 0 Å². The fourth-order valence-corrected chi connectivity index (χ4v) is 3.86. The standard InChI is InChI=1S/C28H30N2O2/c1-20-11-13-22(14-12-20)19-30(28(32)25-15-16-25)26-10-6-7-23(17-26)18-27(31)29-21(2)24-8-4-3-5-9-24/h3-14,17,21,25H,15-16,18-19H2,1-2H3,(H,29,31). The number of nitrogens with one attached hydrogen (secondary N) is 1. The van der Waals surface area contributed by atoms with Crippen molar-refractivity contribution in [2.24, 2.45) is 5.92 Å². The molecule has 0 aliphatic heterocycles. The molecule has 1 N–H and O–H groups in total. The Morgan fingerprint density at radius 1 is 0.938 bits per heavy atom. The maximum atomic E-state index is 13.1. The highest BCUT2D eigenvalue weighted by Gasteiger charge is 2.34. The van der Waals surface area contributed by atoms with E-state index >= 15 is 0 Å². The monoisotopic (exact) mass is 426 g/mol. The number of rotatable bonds is 8. The Morgan fingerprint density at radius 3 is 2.34 bits per heavy atom. The van der Waals surface area contributed by atoms with Crippen LogP contribution in [0.25, 0.3) is 0 Å². The van der Waals surface area contributed by atoms with Gasteiger partial charge >= 0.3 is 0 Å². The summed E-state index contributed by atoms with van der Waals surface area (Å²) in [5, 5.41) is 3.07. The number of anilines is 1. The van der Waals surface area contributed by atoms with Gasteiger partial charge in [-0.05, 0) is 55.5 Å². The molecule has 4 heteroatoms. The molecular formula is C28H30N2O2. The normalized spacial score (nSPS) is 13.9. The largest absolute Gasteiger partial charge is 0.349 e. The number of aryl methyl sites for hydroxylation is 1. The molecule has 1 aliphatic rings. The molecule has 0 spiro atoms. The summed E-state index contributed by atoms with van der Waals surface area (Å²) in [6.45, 7) is 4.58. The van der Waals surface area contributed by atoms with Crippen LogP contribution in [-0.4, -0.2) is 11.8 Å². The van der Waals surface area contributed by atoms with Crippen LogP contribution < -0.4 is 10.2 Å². The van der Waals surface area contributed by atoms with Crippen LogP contribution in [0, 0.1) is 12.8 Å². The molecule has 0 heterocycles. The van der Waals surface area contributed by atoms with Crippen molar-refractivity contribution < 1.29 is 9.59 Å². The Morgan fingerprint density at radius 2 is 1.66 bits per heavy atom. The van der Waals surface area contributed by atoms with E-state index in [9.17, 15) is 9.59 Å². The van der Waals surface area contributed by atoms with E-state index in [0.29, 0.717) is 6.54 Å². The highest BCUT2D eigenvalue weighted by molar-refractivity contribution is 5.96. The van der Waals surface area contributed by atoms with Gasteiger partial charge in [0, 0.05) is 11.6 Å². The molecule has 3 aromatic carbocycles. The van der Waals surface area contributed by atoms with Crippen molar-refractivity contribution >= 4 is 17.5 Å². The molecule has 1 unspecified atom stereocenters. The average Bonchev–Trinajstić information content (AvgIpc) is 3.64. The Kier molecular flexibility index (Phi) is 6.69. The minimum Gasteiger partial charge on any atom is -0.349 e. The number of hydrogen-bond donors (Lipinski definition) is 1. The van der Waals surface area contributed by atoms with Gasteiger partial charge in [0.25, 0.3) is 0 Å². The predicted molar refractivity (Wildman–Crippen MR) is 128 cm³/mol. The van der Waals surface area contributed by atoms with Gasteiger partial charge in [-0.1, -0.05) is 72.3 Å². The van der Waals surface area contributed by atoms with Crippen molar-refractivity contribution in [3.8, 4) is 0 Å². The van der Waals surface area contributed by atoms with E-state index in [0.717, 1.165) is 35.2 Å². The molecule has 2 amide bonds. The van der Waals surface area contributed by atoms with Crippen molar-refractivity contribution in [2.45, 2.75) is 45.7 Å². The molecule has 0 radical (unpaired) electrons. The minimum absolute atomic E-state index is 0.0305. The zero-order valence-corrected chi connectivity index (χ0v) is 18.8. The molecule has 1 fully saturated rings. The fraction of sp³-hybridized carbons (Fsp3) is 0.286. The first kappa shape index (κ1) is 21.8. The first-order valence-electron chi connectivity index (χ1n) is 11.3. The summed E-state index contributed by atoms with van der Waals surface area (Å²) < 4.78 is 0. The molecule has 0 saturated heterocycles. The SMILES string of the molecule is Cc1ccc(CN(C(=O)C2CC2)c2cccc(CC(=O)NC(C)c3ccccc3)c2)cc1. The van der Waals surface area contributed by atoms with Crippen molar-refractivity contribution in [1.82, 2.24) is 5.32 Å². The van der Waals surface area contributed by atoms with E-state index in [4.69, 9.17) is 0 Å². The molecular weight excluding hydrogens is 396 g/mol. The predicted octanol–water partition coefficient (Wildman–Crippen LogP) is 5.36. The van der Waals surface area contributed by atoms with E-state index in [1.54, 1.807) is 0 Å². The van der Waals surface area contributed by atoms with Gasteiger partial charge in [-0.3, -0.25) is 9.59 Å². The smallest absolute Gasteiger partial charge is 0.230 e. The Labute approximate surface area is 190 Å². The summed E-state index contributed by atoms with van der Waals surface area (Å²) in [4.78, 5) is 27.6. The van der Waals surface area contributed by atoms with Crippen LogP contribution in [0.3, 0.4) is 0 Å². The van der Waals surface area contributed by atoms with Crippen LogP contribution in [0.15, 0.2) is 78.9 Å². The molecule has 0 aromatic heterocycles. The number of amides is 2. The third-order valence-corrected chi connectivity index (χ3v) is 5.92. The van der Waals surface area contributed by atoms with Gasteiger partial charge in [0.2, 0.25) is 11.8 Å². The Hall–Kier alpha value is -3.40. The maximum absolute atomic E-state index is 13.1. The lowest BCUT2D eigenvalue weighted by molar-refractivity contribution is -0.121. The van der Waals surface area contributed by atoms with Crippen molar-refractivity contribution in [1.29, 1.82) is 0 Å². The van der Waals surface area contributed by atoms with Crippen LogP contribution in [0.5, 0.6) is 0 Å². The lowest BCUT2D eigenvalue weighted by Crippen LogP contribution is -2.32. The second kappa shape index (κ2) is 9.82. The zero-order valence-electron chi connectivity index (χ0n) is 18.8. The lowest BCUT2D eigenvalue weighted by Gasteiger charge is -2.24. The van der Waals surface area contributed by atoms with Crippen molar-refractivity contribution in [2.75, 3.05) is 4.90 Å². The quantitative estimate of drug-likeness (QED) is 0.527. The third-order valence-electron chi connectivity index (χ3n) is 5.92. The highest BCUT2D eigenvalue weighted by Crippen LogP contribution is 2.34. The Bertz CT molecular complexity index is 1070. The van der Waals surface area contributed by atoms with Gasteiger partial charge in [-0.15, -0.1) is 0 Å². The molecule has 164 valence electrons. The molecule has 0 bridgehead atoms. The number of hydrogen-bond acceptors (Lipinski definition) is 2. The van der Waals surface area contributed by atoms with Crippen molar-refractivity contribution in [3.63, 3.8) is 0 Å². The van der Waals surface area contributed by atoms with Gasteiger partial charge in [0.1, 0.15) is 0 Å². The Balaban J connectivity index is 1.48. The maximum Gasteiger partial charge on any atom is 0.230 e. The number of carbonyl (C=O) groups excluding carboxylic acids is 2. The number of benzene rings is 3. The van der Waals surface area contributed by atoms with Crippen LogP contribution >= 0.6 is 0 Å². The van der Waals surface area contributed by atoms with Crippen LogP contribution in [0.2, 0.25) is 0 Å². The first-order valence-corrected chi connectivity index (χ1v) is 11.3. The summed E-state index contributed by atoms with van der Waals surface area (Å²) in [5.74, 6) is 0.265. The summed E-state index contributed by atoms with van der Waals surface area (Å²) in [6, 6.07) is 26.0. The summed E-state index contributed by atoms with van der Waals surface area (Å²) >= 11 is 0. The third kappa shape index (κ3) is 5.64. The molecule has 4 rings (SSSR count).